The number of carbonyl (C=O) groups excluding carboxylic acids is 4. The highest BCUT2D eigenvalue weighted by Crippen LogP contribution is 2.35. The van der Waals surface area contributed by atoms with E-state index >= 15 is 0 Å². The minimum Gasteiger partial charge on any atom is -0.508 e. The van der Waals surface area contributed by atoms with Crippen LogP contribution in [0, 0.1) is 0 Å². The first-order chi connectivity index (χ1) is 28.2. The van der Waals surface area contributed by atoms with Crippen molar-refractivity contribution in [3.63, 3.8) is 0 Å². The molecule has 3 saturated heterocycles. The van der Waals surface area contributed by atoms with E-state index in [1.807, 2.05) is 78.7 Å². The molecule has 0 bridgehead atoms. The van der Waals surface area contributed by atoms with Gasteiger partial charge in [-0.05, 0) is 72.2 Å². The van der Waals surface area contributed by atoms with E-state index in [-0.39, 0.29) is 61.9 Å². The van der Waals surface area contributed by atoms with Crippen LogP contribution in [0.2, 0.25) is 0 Å². The molecule has 1 N–H and O–H groups in total. The standard InChI is InChI=1S/C47H50N6O5/c1-3-25-51-32-44(56)52-41(28-34-15-22-38(54)23-16-34)47(58)50(31-42(52)53(51)43(55)24-17-33-11-6-4-7-12-33)29-37-13-10-14-39-40(30-48(2)45(37)39)35-18-20-36(21-19-35)46(57)49-26-8-5-9-27-49/h3-4,6-7,10-16,18-23,30,41-42,54H,1,5,8-9,17,24-29,31-32H2,2H3/t41-,42-/m0/s1. The van der Waals surface area contributed by atoms with Gasteiger partial charge in [-0.15, -0.1) is 6.58 Å². The van der Waals surface area contributed by atoms with Crippen LogP contribution in [0.15, 0.2) is 116 Å². The second kappa shape index (κ2) is 16.7. The van der Waals surface area contributed by atoms with E-state index in [4.69, 9.17) is 0 Å². The number of piperidine rings is 1. The number of hydrogen-bond donors (Lipinski definition) is 1. The van der Waals surface area contributed by atoms with Gasteiger partial charge in [0.05, 0.1) is 18.6 Å². The fourth-order valence-corrected chi connectivity index (χ4v) is 8.96. The molecule has 2 atom stereocenters. The molecule has 298 valence electrons. The van der Waals surface area contributed by atoms with Crippen molar-refractivity contribution in [1.29, 1.82) is 0 Å². The lowest BCUT2D eigenvalue weighted by molar-refractivity contribution is -0.205. The molecule has 0 aliphatic carbocycles. The molecule has 3 fully saturated rings. The van der Waals surface area contributed by atoms with Gasteiger partial charge < -0.3 is 24.4 Å². The van der Waals surface area contributed by atoms with Crippen LogP contribution in [0.25, 0.3) is 22.0 Å². The first-order valence-electron chi connectivity index (χ1n) is 20.3. The number of piperazine rings is 1. The second-order valence-electron chi connectivity index (χ2n) is 15.6. The average Bonchev–Trinajstić information content (AvgIpc) is 3.59. The highest BCUT2D eigenvalue weighted by molar-refractivity contribution is 5.99. The van der Waals surface area contributed by atoms with Crippen molar-refractivity contribution in [2.75, 3.05) is 32.7 Å². The Kier molecular flexibility index (Phi) is 11.1. The molecule has 0 spiro atoms. The largest absolute Gasteiger partial charge is 0.508 e. The lowest BCUT2D eigenvalue weighted by Crippen LogP contribution is -2.75. The van der Waals surface area contributed by atoms with Crippen LogP contribution < -0.4 is 0 Å². The molecule has 0 radical (unpaired) electrons. The van der Waals surface area contributed by atoms with Gasteiger partial charge in [0.25, 0.3) is 5.91 Å². The number of phenolic OH excluding ortho intramolecular Hbond substituents is 1. The number of fused-ring (bicyclic) bond motifs is 2. The number of phenols is 1. The number of carbonyl (C=O) groups is 4. The number of aromatic nitrogens is 1. The number of likely N-dealkylation sites (tertiary alicyclic amines) is 1. The van der Waals surface area contributed by atoms with E-state index in [9.17, 15) is 24.3 Å². The Bertz CT molecular complexity index is 2320. The molecule has 8 rings (SSSR count). The summed E-state index contributed by atoms with van der Waals surface area (Å²) in [5.41, 5.74) is 6.43. The number of benzene rings is 4. The van der Waals surface area contributed by atoms with Gasteiger partial charge in [-0.3, -0.25) is 19.2 Å². The van der Waals surface area contributed by atoms with E-state index in [0.29, 0.717) is 18.5 Å². The molecule has 1 aromatic heterocycles. The molecule has 0 unspecified atom stereocenters. The number of hydrazine groups is 1. The quantitative estimate of drug-likeness (QED) is 0.161. The minimum atomic E-state index is -0.875. The Morgan fingerprint density at radius 2 is 1.60 bits per heavy atom. The summed E-state index contributed by atoms with van der Waals surface area (Å²) in [5, 5.41) is 14.5. The average molecular weight is 779 g/mol. The van der Waals surface area contributed by atoms with E-state index in [2.05, 4.69) is 23.4 Å². The van der Waals surface area contributed by atoms with Gasteiger partial charge in [0.2, 0.25) is 17.7 Å². The summed E-state index contributed by atoms with van der Waals surface area (Å²) in [5.74, 6) is -0.382. The summed E-state index contributed by atoms with van der Waals surface area (Å²) >= 11 is 0. The van der Waals surface area contributed by atoms with Crippen LogP contribution in [0.3, 0.4) is 0 Å². The highest BCUT2D eigenvalue weighted by atomic mass is 16.3. The van der Waals surface area contributed by atoms with E-state index in [1.165, 1.54) is 6.42 Å². The Morgan fingerprint density at radius 3 is 2.33 bits per heavy atom. The van der Waals surface area contributed by atoms with Crippen molar-refractivity contribution in [3.8, 4) is 16.9 Å². The van der Waals surface area contributed by atoms with E-state index in [0.717, 1.165) is 64.7 Å². The van der Waals surface area contributed by atoms with Crippen molar-refractivity contribution in [2.45, 2.75) is 57.3 Å². The zero-order chi connectivity index (χ0) is 40.3. The van der Waals surface area contributed by atoms with E-state index < -0.39 is 12.2 Å². The fraction of sp³-hybridized carbons (Fsp3) is 0.319. The molecule has 3 aliphatic rings. The summed E-state index contributed by atoms with van der Waals surface area (Å²) in [4.78, 5) is 61.7. The summed E-state index contributed by atoms with van der Waals surface area (Å²) < 4.78 is 2.08. The monoisotopic (exact) mass is 778 g/mol. The zero-order valence-electron chi connectivity index (χ0n) is 33.0. The molecule has 11 nitrogen and oxygen atoms in total. The minimum absolute atomic E-state index is 0.0578. The molecule has 3 aliphatic heterocycles. The molecule has 58 heavy (non-hydrogen) atoms. The first kappa shape index (κ1) is 38.7. The maximum Gasteiger partial charge on any atom is 0.253 e. The van der Waals surface area contributed by atoms with Crippen LogP contribution in [0.5, 0.6) is 5.75 Å². The lowest BCUT2D eigenvalue weighted by atomic mass is 9.97. The Hall–Kier alpha value is -6.20. The molecule has 5 aromatic rings. The van der Waals surface area contributed by atoms with Gasteiger partial charge in [0, 0.05) is 68.8 Å². The number of rotatable bonds is 11. The van der Waals surface area contributed by atoms with Crippen LogP contribution in [-0.2, 0) is 40.8 Å². The summed E-state index contributed by atoms with van der Waals surface area (Å²) in [6, 6.07) is 29.6. The van der Waals surface area contributed by atoms with Crippen LogP contribution in [0.1, 0.15) is 52.7 Å². The smallest absolute Gasteiger partial charge is 0.253 e. The van der Waals surface area contributed by atoms with Crippen molar-refractivity contribution in [2.24, 2.45) is 7.05 Å². The Morgan fingerprint density at radius 1 is 0.862 bits per heavy atom. The normalized spacial score (nSPS) is 18.8. The van der Waals surface area contributed by atoms with Gasteiger partial charge in [0.1, 0.15) is 18.0 Å². The third-order valence-corrected chi connectivity index (χ3v) is 11.8. The SMILES string of the molecule is C=CCN1CC(=O)N2[C@@H](Cc3ccc(O)cc3)C(=O)N(Cc3cccc4c(-c5ccc(C(=O)N6CCCCC6)cc5)cn(C)c34)C[C@@H]2N1C(=O)CCc1ccccc1. The number of aromatic hydroxyl groups is 1. The van der Waals surface area contributed by atoms with Gasteiger partial charge in [-0.25, -0.2) is 10.0 Å². The zero-order valence-corrected chi connectivity index (χ0v) is 33.0. The molecule has 0 saturated carbocycles. The van der Waals surface area contributed by atoms with Crippen LogP contribution in [0.4, 0.5) is 0 Å². The Labute approximate surface area is 339 Å². The predicted molar refractivity (Wildman–Crippen MR) is 223 cm³/mol. The van der Waals surface area contributed by atoms with Crippen molar-refractivity contribution < 1.29 is 24.3 Å². The molecular weight excluding hydrogens is 729 g/mol. The number of nitrogens with zero attached hydrogens (tertiary/aromatic N) is 6. The number of amides is 4. The van der Waals surface area contributed by atoms with Crippen molar-refractivity contribution >= 4 is 34.5 Å². The fourth-order valence-electron chi connectivity index (χ4n) is 8.96. The topological polar surface area (TPSA) is 110 Å². The van der Waals surface area contributed by atoms with Gasteiger partial charge in [-0.2, -0.15) is 0 Å². The summed E-state index contributed by atoms with van der Waals surface area (Å²) in [6.45, 7) is 6.14. The number of para-hydroxylation sites is 1. The summed E-state index contributed by atoms with van der Waals surface area (Å²) in [7, 11) is 2.00. The second-order valence-corrected chi connectivity index (χ2v) is 15.6. The van der Waals surface area contributed by atoms with Crippen LogP contribution in [-0.4, -0.2) is 103 Å². The Balaban J connectivity index is 1.12. The molecular formula is C47H50N6O5. The molecule has 4 heterocycles. The highest BCUT2D eigenvalue weighted by Gasteiger charge is 2.51. The van der Waals surface area contributed by atoms with E-state index in [1.54, 1.807) is 50.2 Å². The third-order valence-electron chi connectivity index (χ3n) is 11.8. The third kappa shape index (κ3) is 7.74. The predicted octanol–water partition coefficient (Wildman–Crippen LogP) is 6.16. The van der Waals surface area contributed by atoms with Gasteiger partial charge in [-0.1, -0.05) is 78.9 Å². The van der Waals surface area contributed by atoms with Crippen molar-refractivity contribution in [1.82, 2.24) is 29.3 Å². The number of hydrogen-bond acceptors (Lipinski definition) is 6. The lowest BCUT2D eigenvalue weighted by Gasteiger charge is -2.55. The number of aryl methyl sites for hydroxylation is 2. The molecule has 4 aromatic carbocycles. The first-order valence-corrected chi connectivity index (χ1v) is 20.3. The van der Waals surface area contributed by atoms with Gasteiger partial charge in [0.15, 0.2) is 0 Å². The maximum absolute atomic E-state index is 14.8. The van der Waals surface area contributed by atoms with Gasteiger partial charge >= 0.3 is 0 Å². The molecule has 4 amide bonds. The molecule has 11 heteroatoms. The van der Waals surface area contributed by atoms with Crippen molar-refractivity contribution in [3.05, 3.63) is 138 Å². The van der Waals surface area contributed by atoms with Crippen LogP contribution >= 0.6 is 0 Å². The summed E-state index contributed by atoms with van der Waals surface area (Å²) in [6.07, 6.45) is 7.27. The maximum atomic E-state index is 14.8.